The lowest BCUT2D eigenvalue weighted by Gasteiger charge is -2.16. The van der Waals surface area contributed by atoms with Crippen LogP contribution in [0.2, 0.25) is 0 Å². The minimum Gasteiger partial charge on any atom is -0.346 e. The van der Waals surface area contributed by atoms with Gasteiger partial charge < -0.3 is 15.2 Å². The molecule has 2 N–H and O–H groups in total. The number of rotatable bonds is 6. The second-order valence-electron chi connectivity index (χ2n) is 3.88. The minimum atomic E-state index is 0.154. The van der Waals surface area contributed by atoms with Gasteiger partial charge in [-0.15, -0.1) is 0 Å². The Morgan fingerprint density at radius 2 is 2.38 bits per heavy atom. The van der Waals surface area contributed by atoms with Crippen molar-refractivity contribution in [3.8, 4) is 0 Å². The van der Waals surface area contributed by atoms with Crippen molar-refractivity contribution in [3.05, 3.63) is 18.2 Å². The number of nitrogens with zero attached hydrogens (tertiary/aromatic N) is 3. The van der Waals surface area contributed by atoms with Crippen LogP contribution in [0.15, 0.2) is 12.4 Å². The van der Waals surface area contributed by atoms with Crippen LogP contribution < -0.4 is 5.73 Å². The SMILES string of the molecule is Cc1nccn1CCC(=O)N(C)CCCN. The van der Waals surface area contributed by atoms with Crippen LogP contribution in [0.3, 0.4) is 0 Å². The van der Waals surface area contributed by atoms with Crippen molar-refractivity contribution in [2.24, 2.45) is 5.73 Å². The molecular weight excluding hydrogens is 204 g/mol. The van der Waals surface area contributed by atoms with E-state index in [1.807, 2.05) is 24.7 Å². The van der Waals surface area contributed by atoms with Crippen molar-refractivity contribution in [3.63, 3.8) is 0 Å². The van der Waals surface area contributed by atoms with E-state index in [1.54, 1.807) is 11.1 Å². The fraction of sp³-hybridized carbons (Fsp3) is 0.636. The van der Waals surface area contributed by atoms with Gasteiger partial charge in [0.2, 0.25) is 5.91 Å². The summed E-state index contributed by atoms with van der Waals surface area (Å²) in [7, 11) is 1.82. The molecule has 5 heteroatoms. The van der Waals surface area contributed by atoms with E-state index in [4.69, 9.17) is 5.73 Å². The average Bonchev–Trinajstić information content (AvgIpc) is 2.68. The topological polar surface area (TPSA) is 64.2 Å². The molecule has 0 aliphatic rings. The number of carbonyl (C=O) groups excluding carboxylic acids is 1. The van der Waals surface area contributed by atoms with E-state index in [1.165, 1.54) is 0 Å². The van der Waals surface area contributed by atoms with E-state index < -0.39 is 0 Å². The number of hydrogen-bond donors (Lipinski definition) is 1. The molecule has 5 nitrogen and oxygen atoms in total. The first kappa shape index (κ1) is 12.7. The molecule has 1 aromatic rings. The fourth-order valence-electron chi connectivity index (χ4n) is 1.50. The maximum absolute atomic E-state index is 11.7. The van der Waals surface area contributed by atoms with Gasteiger partial charge in [0, 0.05) is 39.0 Å². The Labute approximate surface area is 96.3 Å². The van der Waals surface area contributed by atoms with Gasteiger partial charge in [-0.2, -0.15) is 0 Å². The predicted molar refractivity (Wildman–Crippen MR) is 62.9 cm³/mol. The van der Waals surface area contributed by atoms with Crippen LogP contribution >= 0.6 is 0 Å². The number of carbonyl (C=O) groups is 1. The molecule has 1 amide bonds. The lowest BCUT2D eigenvalue weighted by atomic mass is 10.3. The molecule has 0 unspecified atom stereocenters. The van der Waals surface area contributed by atoms with Gasteiger partial charge in [0.05, 0.1) is 0 Å². The third-order valence-electron chi connectivity index (χ3n) is 2.61. The first-order valence-corrected chi connectivity index (χ1v) is 5.57. The van der Waals surface area contributed by atoms with Crippen molar-refractivity contribution >= 4 is 5.91 Å². The van der Waals surface area contributed by atoms with Gasteiger partial charge in [0.1, 0.15) is 5.82 Å². The summed E-state index contributed by atoms with van der Waals surface area (Å²) in [5.74, 6) is 1.10. The number of aryl methyl sites for hydroxylation is 2. The molecule has 1 aromatic heterocycles. The van der Waals surface area contributed by atoms with Crippen molar-refractivity contribution in [2.75, 3.05) is 20.1 Å². The standard InChI is InChI=1S/C11H20N4O/c1-10-13-6-9-15(10)8-4-11(16)14(2)7-3-5-12/h6,9H,3-5,7-8,12H2,1-2H3. The zero-order chi connectivity index (χ0) is 12.0. The van der Waals surface area contributed by atoms with Crippen LogP contribution in [-0.4, -0.2) is 40.5 Å². The van der Waals surface area contributed by atoms with Gasteiger partial charge in [-0.05, 0) is 19.9 Å². The highest BCUT2D eigenvalue weighted by Gasteiger charge is 2.08. The Morgan fingerprint density at radius 1 is 1.62 bits per heavy atom. The van der Waals surface area contributed by atoms with Crippen molar-refractivity contribution in [1.82, 2.24) is 14.5 Å². The van der Waals surface area contributed by atoms with Gasteiger partial charge in [0.15, 0.2) is 0 Å². The van der Waals surface area contributed by atoms with E-state index in [0.29, 0.717) is 19.5 Å². The normalized spacial score (nSPS) is 10.4. The lowest BCUT2D eigenvalue weighted by molar-refractivity contribution is -0.130. The molecule has 90 valence electrons. The minimum absolute atomic E-state index is 0.154. The number of amides is 1. The quantitative estimate of drug-likeness (QED) is 0.760. The third-order valence-corrected chi connectivity index (χ3v) is 2.61. The molecule has 0 aliphatic heterocycles. The van der Waals surface area contributed by atoms with Gasteiger partial charge in [-0.3, -0.25) is 4.79 Å². The predicted octanol–water partition coefficient (Wildman–Crippen LogP) is 0.389. The lowest BCUT2D eigenvalue weighted by Crippen LogP contribution is -2.29. The van der Waals surface area contributed by atoms with Gasteiger partial charge >= 0.3 is 0 Å². The molecule has 0 fully saturated rings. The van der Waals surface area contributed by atoms with E-state index in [-0.39, 0.29) is 5.91 Å². The van der Waals surface area contributed by atoms with Gasteiger partial charge in [-0.1, -0.05) is 0 Å². The number of aromatic nitrogens is 2. The summed E-state index contributed by atoms with van der Waals surface area (Å²) in [5.41, 5.74) is 5.40. The zero-order valence-corrected chi connectivity index (χ0v) is 10.0. The van der Waals surface area contributed by atoms with Gasteiger partial charge in [-0.25, -0.2) is 4.98 Å². The van der Waals surface area contributed by atoms with E-state index in [0.717, 1.165) is 18.8 Å². The highest BCUT2D eigenvalue weighted by atomic mass is 16.2. The summed E-state index contributed by atoms with van der Waals surface area (Å²) in [5, 5.41) is 0. The van der Waals surface area contributed by atoms with Crippen molar-refractivity contribution < 1.29 is 4.79 Å². The number of imidazole rings is 1. The highest BCUT2D eigenvalue weighted by molar-refractivity contribution is 5.75. The van der Waals surface area contributed by atoms with E-state index in [9.17, 15) is 4.79 Å². The first-order chi connectivity index (χ1) is 7.65. The summed E-state index contributed by atoms with van der Waals surface area (Å²) in [6.45, 7) is 3.98. The number of hydrogen-bond acceptors (Lipinski definition) is 3. The third kappa shape index (κ3) is 3.66. The zero-order valence-electron chi connectivity index (χ0n) is 10.0. The molecule has 0 spiro atoms. The molecule has 0 aliphatic carbocycles. The monoisotopic (exact) mass is 224 g/mol. The molecule has 0 bridgehead atoms. The summed E-state index contributed by atoms with van der Waals surface area (Å²) < 4.78 is 1.98. The molecule has 0 atom stereocenters. The Kier molecular flexibility index (Phi) is 4.98. The first-order valence-electron chi connectivity index (χ1n) is 5.57. The molecule has 0 radical (unpaired) electrons. The highest BCUT2D eigenvalue weighted by Crippen LogP contribution is 2.00. The second-order valence-corrected chi connectivity index (χ2v) is 3.88. The van der Waals surface area contributed by atoms with Crippen LogP contribution in [0.1, 0.15) is 18.7 Å². The summed E-state index contributed by atoms with van der Waals surface area (Å²) >= 11 is 0. The van der Waals surface area contributed by atoms with Crippen LogP contribution in [0.25, 0.3) is 0 Å². The average molecular weight is 224 g/mol. The summed E-state index contributed by atoms with van der Waals surface area (Å²) in [6.07, 6.45) is 5.01. The maximum Gasteiger partial charge on any atom is 0.224 e. The Balaban J connectivity index is 2.32. The van der Waals surface area contributed by atoms with Crippen LogP contribution in [0, 0.1) is 6.92 Å². The smallest absolute Gasteiger partial charge is 0.224 e. The molecule has 1 heterocycles. The van der Waals surface area contributed by atoms with Crippen molar-refractivity contribution in [1.29, 1.82) is 0 Å². The van der Waals surface area contributed by atoms with Crippen LogP contribution in [0.5, 0.6) is 0 Å². The second kappa shape index (κ2) is 6.27. The van der Waals surface area contributed by atoms with E-state index >= 15 is 0 Å². The molecule has 0 aromatic carbocycles. The van der Waals surface area contributed by atoms with Crippen LogP contribution in [0.4, 0.5) is 0 Å². The van der Waals surface area contributed by atoms with Crippen LogP contribution in [-0.2, 0) is 11.3 Å². The Hall–Kier alpha value is -1.36. The molecule has 0 saturated heterocycles. The molecule has 1 rings (SSSR count). The largest absolute Gasteiger partial charge is 0.346 e. The molecule has 0 saturated carbocycles. The fourth-order valence-corrected chi connectivity index (χ4v) is 1.50. The van der Waals surface area contributed by atoms with E-state index in [2.05, 4.69) is 4.98 Å². The molecular formula is C11H20N4O. The Morgan fingerprint density at radius 3 is 2.94 bits per heavy atom. The van der Waals surface area contributed by atoms with Gasteiger partial charge in [0.25, 0.3) is 0 Å². The molecule has 16 heavy (non-hydrogen) atoms. The summed E-state index contributed by atoms with van der Waals surface area (Å²) in [6, 6.07) is 0. The number of nitrogens with two attached hydrogens (primary N) is 1. The summed E-state index contributed by atoms with van der Waals surface area (Å²) in [4.78, 5) is 17.6. The Bertz CT molecular complexity index is 334. The maximum atomic E-state index is 11.7. The van der Waals surface area contributed by atoms with Crippen molar-refractivity contribution in [2.45, 2.75) is 26.3 Å².